The predicted molar refractivity (Wildman–Crippen MR) is 108 cm³/mol. The summed E-state index contributed by atoms with van der Waals surface area (Å²) in [6.45, 7) is 2.34. The molecule has 8 nitrogen and oxygen atoms in total. The summed E-state index contributed by atoms with van der Waals surface area (Å²) in [5.41, 5.74) is 0.227. The first-order chi connectivity index (χ1) is 15.4. The molecule has 0 spiro atoms. The highest BCUT2D eigenvalue weighted by molar-refractivity contribution is 5.76. The Kier molecular flexibility index (Phi) is 5.15. The van der Waals surface area contributed by atoms with Gasteiger partial charge in [0.1, 0.15) is 12.4 Å². The summed E-state index contributed by atoms with van der Waals surface area (Å²) in [6.07, 6.45) is 1.36. The standard InChI is InChI=1S/C21H23F3N6O2/c1-3-12-6-11(8-17-27-16(10-31-2)29-32-17)7-13(12)20-28-18(21(22,23)24)15-9-26-19-14(30(15)20)4-5-25-19/h4-5,9,11-13,25H,3,6-8,10H2,1-2H3/t11-,12-,13+/m1/s1. The molecule has 1 saturated carbocycles. The van der Waals surface area contributed by atoms with E-state index in [2.05, 4.69) is 32.0 Å². The van der Waals surface area contributed by atoms with Crippen LogP contribution in [0.25, 0.3) is 16.7 Å². The Hall–Kier alpha value is -2.95. The molecule has 11 heteroatoms. The zero-order chi connectivity index (χ0) is 22.5. The van der Waals surface area contributed by atoms with E-state index in [0.29, 0.717) is 41.5 Å². The van der Waals surface area contributed by atoms with Crippen molar-refractivity contribution < 1.29 is 22.4 Å². The quantitative estimate of drug-likeness (QED) is 0.466. The van der Waals surface area contributed by atoms with E-state index >= 15 is 0 Å². The van der Waals surface area contributed by atoms with Gasteiger partial charge in [-0.3, -0.25) is 4.40 Å². The maximum Gasteiger partial charge on any atom is 0.435 e. The molecule has 0 radical (unpaired) electrons. The monoisotopic (exact) mass is 448 g/mol. The van der Waals surface area contributed by atoms with E-state index in [9.17, 15) is 13.2 Å². The van der Waals surface area contributed by atoms with Crippen molar-refractivity contribution in [1.82, 2.24) is 29.5 Å². The summed E-state index contributed by atoms with van der Waals surface area (Å²) in [7, 11) is 1.56. The number of ether oxygens (including phenoxy) is 1. The number of halogens is 3. The lowest BCUT2D eigenvalue weighted by Crippen LogP contribution is -2.10. The van der Waals surface area contributed by atoms with Crippen molar-refractivity contribution >= 4 is 16.7 Å². The first-order valence-corrected chi connectivity index (χ1v) is 10.6. The Labute approximate surface area is 181 Å². The summed E-state index contributed by atoms with van der Waals surface area (Å²) in [5, 5.41) is 3.90. The van der Waals surface area contributed by atoms with Crippen molar-refractivity contribution in [3.63, 3.8) is 0 Å². The third-order valence-corrected chi connectivity index (χ3v) is 6.36. The summed E-state index contributed by atoms with van der Waals surface area (Å²) < 4.78 is 53.4. The molecular formula is C21H23F3N6O2. The number of H-pyrrole nitrogens is 1. The van der Waals surface area contributed by atoms with Crippen molar-refractivity contribution in [2.75, 3.05) is 7.11 Å². The molecule has 0 amide bonds. The molecule has 0 aliphatic heterocycles. The van der Waals surface area contributed by atoms with Crippen LogP contribution in [0.5, 0.6) is 0 Å². The number of aromatic amines is 1. The Bertz CT molecular complexity index is 1240. The van der Waals surface area contributed by atoms with E-state index in [1.165, 1.54) is 6.20 Å². The Balaban J connectivity index is 1.52. The van der Waals surface area contributed by atoms with Gasteiger partial charge in [-0.15, -0.1) is 0 Å². The van der Waals surface area contributed by atoms with Crippen LogP contribution >= 0.6 is 0 Å². The minimum Gasteiger partial charge on any atom is -0.377 e. The largest absolute Gasteiger partial charge is 0.435 e. The fraction of sp³-hybridized carbons (Fsp3) is 0.524. The number of rotatable bonds is 6. The van der Waals surface area contributed by atoms with Gasteiger partial charge in [0.25, 0.3) is 0 Å². The Morgan fingerprint density at radius 3 is 2.84 bits per heavy atom. The summed E-state index contributed by atoms with van der Waals surface area (Å²) in [6, 6.07) is 1.74. The van der Waals surface area contributed by atoms with Crippen LogP contribution in [0.15, 0.2) is 23.0 Å². The predicted octanol–water partition coefficient (Wildman–Crippen LogP) is 4.52. The van der Waals surface area contributed by atoms with Gasteiger partial charge in [0, 0.05) is 25.6 Å². The fourth-order valence-electron chi connectivity index (χ4n) is 5.02. The smallest absolute Gasteiger partial charge is 0.377 e. The van der Waals surface area contributed by atoms with Gasteiger partial charge in [0.2, 0.25) is 5.89 Å². The number of nitrogens with zero attached hydrogens (tertiary/aromatic N) is 5. The van der Waals surface area contributed by atoms with Crippen LogP contribution in [0.2, 0.25) is 0 Å². The minimum absolute atomic E-state index is 0.0148. The number of nitrogens with one attached hydrogen (secondary N) is 1. The maximum atomic E-state index is 13.8. The first kappa shape index (κ1) is 20.9. The topological polar surface area (TPSA) is 94.1 Å². The lowest BCUT2D eigenvalue weighted by Gasteiger charge is -2.17. The first-order valence-electron chi connectivity index (χ1n) is 10.6. The molecule has 0 saturated heterocycles. The number of fused-ring (bicyclic) bond motifs is 3. The number of alkyl halides is 3. The van der Waals surface area contributed by atoms with E-state index in [-0.39, 0.29) is 29.9 Å². The zero-order valence-electron chi connectivity index (χ0n) is 17.7. The summed E-state index contributed by atoms with van der Waals surface area (Å²) >= 11 is 0. The minimum atomic E-state index is -4.56. The van der Waals surface area contributed by atoms with Crippen LogP contribution in [0.3, 0.4) is 0 Å². The van der Waals surface area contributed by atoms with Gasteiger partial charge in [0.15, 0.2) is 17.2 Å². The van der Waals surface area contributed by atoms with Gasteiger partial charge >= 0.3 is 6.18 Å². The lowest BCUT2D eigenvalue weighted by atomic mass is 9.93. The molecule has 3 atom stereocenters. The van der Waals surface area contributed by atoms with E-state index in [1.54, 1.807) is 23.8 Å². The average molecular weight is 448 g/mol. The Morgan fingerprint density at radius 1 is 1.25 bits per heavy atom. The second-order valence-corrected chi connectivity index (χ2v) is 8.36. The van der Waals surface area contributed by atoms with Crippen molar-refractivity contribution in [1.29, 1.82) is 0 Å². The van der Waals surface area contributed by atoms with Crippen molar-refractivity contribution in [2.45, 2.75) is 51.3 Å². The van der Waals surface area contributed by atoms with E-state index in [0.717, 1.165) is 12.8 Å². The number of hydrogen-bond acceptors (Lipinski definition) is 6. The Morgan fingerprint density at radius 2 is 2.09 bits per heavy atom. The molecule has 0 bridgehead atoms. The van der Waals surface area contributed by atoms with Crippen LogP contribution in [-0.2, 0) is 23.9 Å². The molecule has 1 N–H and O–H groups in total. The molecule has 0 unspecified atom stereocenters. The van der Waals surface area contributed by atoms with Crippen LogP contribution < -0.4 is 0 Å². The molecule has 1 aliphatic rings. The highest BCUT2D eigenvalue weighted by Crippen LogP contribution is 2.47. The molecule has 5 rings (SSSR count). The van der Waals surface area contributed by atoms with Gasteiger partial charge in [-0.2, -0.15) is 18.2 Å². The second-order valence-electron chi connectivity index (χ2n) is 8.36. The second kappa shape index (κ2) is 7.88. The molecule has 4 aromatic rings. The normalized spacial score (nSPS) is 21.8. The van der Waals surface area contributed by atoms with Crippen LogP contribution in [0.1, 0.15) is 55.3 Å². The van der Waals surface area contributed by atoms with Crippen molar-refractivity contribution in [2.24, 2.45) is 11.8 Å². The van der Waals surface area contributed by atoms with Crippen LogP contribution in [0.4, 0.5) is 13.2 Å². The highest BCUT2D eigenvalue weighted by Gasteiger charge is 2.42. The molecule has 1 fully saturated rings. The van der Waals surface area contributed by atoms with Crippen molar-refractivity contribution in [3.05, 3.63) is 41.7 Å². The number of imidazole rings is 1. The van der Waals surface area contributed by atoms with Gasteiger partial charge in [-0.05, 0) is 30.7 Å². The van der Waals surface area contributed by atoms with Crippen LogP contribution in [0, 0.1) is 11.8 Å². The molecular weight excluding hydrogens is 425 g/mol. The molecule has 4 aromatic heterocycles. The molecule has 4 heterocycles. The van der Waals surface area contributed by atoms with E-state index < -0.39 is 11.9 Å². The highest BCUT2D eigenvalue weighted by atomic mass is 19.4. The van der Waals surface area contributed by atoms with Gasteiger partial charge < -0.3 is 14.2 Å². The fourth-order valence-corrected chi connectivity index (χ4v) is 5.02. The number of aromatic nitrogens is 6. The third-order valence-electron chi connectivity index (χ3n) is 6.36. The lowest BCUT2D eigenvalue weighted by molar-refractivity contribution is -0.139. The third kappa shape index (κ3) is 3.54. The summed E-state index contributed by atoms with van der Waals surface area (Å²) in [5.74, 6) is 1.76. The maximum absolute atomic E-state index is 13.8. The molecule has 1 aliphatic carbocycles. The molecule has 0 aromatic carbocycles. The van der Waals surface area contributed by atoms with E-state index in [4.69, 9.17) is 9.26 Å². The van der Waals surface area contributed by atoms with Gasteiger partial charge in [0.05, 0.1) is 17.2 Å². The van der Waals surface area contributed by atoms with Crippen molar-refractivity contribution in [3.8, 4) is 0 Å². The molecule has 170 valence electrons. The summed E-state index contributed by atoms with van der Waals surface area (Å²) in [4.78, 5) is 15.6. The average Bonchev–Trinajstić information content (AvgIpc) is 3.52. The van der Waals surface area contributed by atoms with Gasteiger partial charge in [-0.25, -0.2) is 9.97 Å². The number of methoxy groups -OCH3 is 1. The van der Waals surface area contributed by atoms with Gasteiger partial charge in [-0.1, -0.05) is 18.5 Å². The molecule has 32 heavy (non-hydrogen) atoms. The number of hydrogen-bond donors (Lipinski definition) is 1. The zero-order valence-corrected chi connectivity index (χ0v) is 17.7. The SMILES string of the molecule is CC[C@@H]1C[C@@H](Cc2nc(COC)no2)C[C@@H]1c1nc(C(F)(F)F)c2cnc3[nH]ccc3n12. The van der Waals surface area contributed by atoms with E-state index in [1.807, 2.05) is 0 Å². The van der Waals surface area contributed by atoms with Crippen LogP contribution in [-0.4, -0.2) is 36.6 Å².